The zero-order valence-corrected chi connectivity index (χ0v) is 15.9. The molecule has 7 heteroatoms. The maximum atomic E-state index is 12.8. The number of pyridine rings is 1. The smallest absolute Gasteiger partial charge is 0.416 e. The third-order valence-electron chi connectivity index (χ3n) is 5.84. The van der Waals surface area contributed by atoms with Gasteiger partial charge >= 0.3 is 6.18 Å². The lowest BCUT2D eigenvalue weighted by Crippen LogP contribution is -2.49. The van der Waals surface area contributed by atoms with E-state index in [2.05, 4.69) is 4.98 Å². The fourth-order valence-corrected chi connectivity index (χ4v) is 4.48. The van der Waals surface area contributed by atoms with Gasteiger partial charge < -0.3 is 9.64 Å². The maximum absolute atomic E-state index is 12.8. The summed E-state index contributed by atoms with van der Waals surface area (Å²) in [6.45, 7) is 0. The van der Waals surface area contributed by atoms with Crippen LogP contribution in [-0.2, 0) is 17.4 Å². The number of aromatic nitrogens is 1. The summed E-state index contributed by atoms with van der Waals surface area (Å²) in [5, 5.41) is 0. The first-order valence-electron chi connectivity index (χ1n) is 9.94. The molecule has 154 valence electrons. The first-order valence-corrected chi connectivity index (χ1v) is 9.94. The summed E-state index contributed by atoms with van der Waals surface area (Å²) in [5.74, 6) is 0.881. The number of alkyl halides is 3. The van der Waals surface area contributed by atoms with Crippen LogP contribution >= 0.6 is 0 Å². The summed E-state index contributed by atoms with van der Waals surface area (Å²) in [5.41, 5.74) is 0.0801. The van der Waals surface area contributed by atoms with Gasteiger partial charge in [-0.25, -0.2) is 0 Å². The monoisotopic (exact) mass is 404 g/mol. The fourth-order valence-electron chi connectivity index (χ4n) is 4.48. The molecule has 1 aromatic carbocycles. The van der Waals surface area contributed by atoms with Crippen LogP contribution in [-0.4, -0.2) is 34.0 Å². The highest BCUT2D eigenvalue weighted by Crippen LogP contribution is 2.38. The van der Waals surface area contributed by atoms with Crippen LogP contribution < -0.4 is 4.74 Å². The molecule has 2 atom stereocenters. The molecule has 4 nitrogen and oxygen atoms in total. The number of halogens is 3. The van der Waals surface area contributed by atoms with E-state index >= 15 is 0 Å². The van der Waals surface area contributed by atoms with E-state index < -0.39 is 11.7 Å². The second-order valence-electron chi connectivity index (χ2n) is 7.77. The van der Waals surface area contributed by atoms with Crippen LogP contribution in [0.3, 0.4) is 0 Å². The molecule has 1 aromatic heterocycles. The SMILES string of the molecule is O=C(CCc1ccc(C(F)(F)F)cc1)N1[C@H]2CC[C@H]1CC(Oc1ccncc1)C2. The number of piperidine rings is 1. The van der Waals surface area contributed by atoms with Gasteiger partial charge in [0.15, 0.2) is 0 Å². The average molecular weight is 404 g/mol. The zero-order valence-electron chi connectivity index (χ0n) is 15.9. The van der Waals surface area contributed by atoms with Crippen molar-refractivity contribution < 1.29 is 22.7 Å². The van der Waals surface area contributed by atoms with Crippen molar-refractivity contribution >= 4 is 5.91 Å². The Morgan fingerprint density at radius 2 is 1.66 bits per heavy atom. The van der Waals surface area contributed by atoms with Gasteiger partial charge in [0.2, 0.25) is 5.91 Å². The van der Waals surface area contributed by atoms with Crippen molar-refractivity contribution in [2.75, 3.05) is 0 Å². The minimum absolute atomic E-state index is 0.0831. The van der Waals surface area contributed by atoms with Crippen molar-refractivity contribution in [3.05, 3.63) is 59.9 Å². The highest BCUT2D eigenvalue weighted by atomic mass is 19.4. The number of carbonyl (C=O) groups excluding carboxylic acids is 1. The van der Waals surface area contributed by atoms with Gasteiger partial charge in [-0.2, -0.15) is 13.2 Å². The number of rotatable bonds is 5. The third-order valence-corrected chi connectivity index (χ3v) is 5.84. The van der Waals surface area contributed by atoms with Gasteiger partial charge in [-0.1, -0.05) is 12.1 Å². The van der Waals surface area contributed by atoms with E-state index in [0.717, 1.165) is 49.1 Å². The zero-order chi connectivity index (χ0) is 20.4. The van der Waals surface area contributed by atoms with Gasteiger partial charge in [0.05, 0.1) is 5.56 Å². The molecule has 2 aliphatic rings. The number of carbonyl (C=O) groups is 1. The van der Waals surface area contributed by atoms with Crippen molar-refractivity contribution in [2.24, 2.45) is 0 Å². The maximum Gasteiger partial charge on any atom is 0.416 e. The number of benzene rings is 1. The lowest BCUT2D eigenvalue weighted by Gasteiger charge is -2.39. The number of nitrogens with zero attached hydrogens (tertiary/aromatic N) is 2. The van der Waals surface area contributed by atoms with Gasteiger partial charge in [-0.05, 0) is 49.1 Å². The van der Waals surface area contributed by atoms with Crippen molar-refractivity contribution in [3.8, 4) is 5.75 Å². The summed E-state index contributed by atoms with van der Waals surface area (Å²) in [6, 6.07) is 9.10. The standard InChI is InChI=1S/C22H23F3N2O2/c23-22(24,25)16-4-1-15(2-5-16)3-8-21(28)27-17-6-7-18(27)14-20(13-17)29-19-9-11-26-12-10-19/h1-2,4-5,9-12,17-18,20H,3,6-8,13-14H2/t17-,18-/m0/s1. The summed E-state index contributed by atoms with van der Waals surface area (Å²) >= 11 is 0. The van der Waals surface area contributed by atoms with Crippen LogP contribution in [0.1, 0.15) is 43.2 Å². The Morgan fingerprint density at radius 3 is 2.24 bits per heavy atom. The first-order chi connectivity index (χ1) is 13.9. The van der Waals surface area contributed by atoms with E-state index in [-0.39, 0.29) is 24.1 Å². The van der Waals surface area contributed by atoms with Crippen LogP contribution in [0.15, 0.2) is 48.8 Å². The molecule has 29 heavy (non-hydrogen) atoms. The number of fused-ring (bicyclic) bond motifs is 2. The predicted molar refractivity (Wildman–Crippen MR) is 101 cm³/mol. The number of amides is 1. The van der Waals surface area contributed by atoms with Crippen molar-refractivity contribution in [2.45, 2.75) is 62.9 Å². The van der Waals surface area contributed by atoms with Gasteiger partial charge in [0.25, 0.3) is 0 Å². The van der Waals surface area contributed by atoms with E-state index in [1.54, 1.807) is 12.4 Å². The number of hydrogen-bond acceptors (Lipinski definition) is 3. The molecule has 2 aromatic rings. The van der Waals surface area contributed by atoms with Gasteiger partial charge in [0, 0.05) is 43.7 Å². The summed E-state index contributed by atoms with van der Waals surface area (Å²) < 4.78 is 44.1. The van der Waals surface area contributed by atoms with Crippen LogP contribution in [0, 0.1) is 0 Å². The summed E-state index contributed by atoms with van der Waals surface area (Å²) in [4.78, 5) is 18.8. The number of hydrogen-bond donors (Lipinski definition) is 0. The molecule has 4 rings (SSSR count). The number of ether oxygens (including phenoxy) is 1. The molecule has 0 saturated carbocycles. The van der Waals surface area contributed by atoms with Crippen molar-refractivity contribution in [1.82, 2.24) is 9.88 Å². The van der Waals surface area contributed by atoms with E-state index in [1.807, 2.05) is 17.0 Å². The Kier molecular flexibility index (Phi) is 5.48. The lowest BCUT2D eigenvalue weighted by molar-refractivity contribution is -0.138. The molecule has 0 radical (unpaired) electrons. The molecule has 0 unspecified atom stereocenters. The average Bonchev–Trinajstić information content (AvgIpc) is 2.97. The van der Waals surface area contributed by atoms with Crippen LogP contribution in [0.5, 0.6) is 5.75 Å². The Hall–Kier alpha value is -2.57. The Bertz CT molecular complexity index is 825. The van der Waals surface area contributed by atoms with Crippen LogP contribution in [0.25, 0.3) is 0 Å². The van der Waals surface area contributed by atoms with E-state index in [0.29, 0.717) is 12.8 Å². The largest absolute Gasteiger partial charge is 0.490 e. The second kappa shape index (κ2) is 8.05. The molecule has 1 amide bonds. The molecule has 0 aliphatic carbocycles. The van der Waals surface area contributed by atoms with Gasteiger partial charge in [-0.15, -0.1) is 0 Å². The number of aryl methyl sites for hydroxylation is 1. The molecule has 0 N–H and O–H groups in total. The molecule has 2 saturated heterocycles. The third kappa shape index (κ3) is 4.54. The molecular weight excluding hydrogens is 381 g/mol. The van der Waals surface area contributed by atoms with Crippen molar-refractivity contribution in [1.29, 1.82) is 0 Å². The Balaban J connectivity index is 1.32. The Labute approximate surface area is 167 Å². The summed E-state index contributed by atoms with van der Waals surface area (Å²) in [7, 11) is 0. The predicted octanol–water partition coefficient (Wildman–Crippen LogP) is 4.63. The Morgan fingerprint density at radius 1 is 1.03 bits per heavy atom. The lowest BCUT2D eigenvalue weighted by atomic mass is 9.98. The van der Waals surface area contributed by atoms with Crippen LogP contribution in [0.4, 0.5) is 13.2 Å². The topological polar surface area (TPSA) is 42.4 Å². The van der Waals surface area contributed by atoms with Gasteiger partial charge in [-0.3, -0.25) is 9.78 Å². The second-order valence-corrected chi connectivity index (χ2v) is 7.77. The molecule has 2 aliphatic heterocycles. The van der Waals surface area contributed by atoms with Crippen molar-refractivity contribution in [3.63, 3.8) is 0 Å². The molecule has 3 heterocycles. The molecule has 2 bridgehead atoms. The molecular formula is C22H23F3N2O2. The minimum Gasteiger partial charge on any atom is -0.490 e. The fraction of sp³-hybridized carbons (Fsp3) is 0.455. The highest BCUT2D eigenvalue weighted by Gasteiger charge is 2.43. The van der Waals surface area contributed by atoms with E-state index in [9.17, 15) is 18.0 Å². The van der Waals surface area contributed by atoms with E-state index in [4.69, 9.17) is 4.74 Å². The first kappa shape index (κ1) is 19.7. The summed E-state index contributed by atoms with van der Waals surface area (Å²) in [6.07, 6.45) is 3.49. The minimum atomic E-state index is -4.34. The quantitative estimate of drug-likeness (QED) is 0.730. The molecule has 2 fully saturated rings. The molecule has 0 spiro atoms. The highest BCUT2D eigenvalue weighted by molar-refractivity contribution is 5.77. The normalized spacial score (nSPS) is 23.8. The van der Waals surface area contributed by atoms with E-state index in [1.165, 1.54) is 12.1 Å². The van der Waals surface area contributed by atoms with Gasteiger partial charge in [0.1, 0.15) is 11.9 Å². The van der Waals surface area contributed by atoms with Crippen LogP contribution in [0.2, 0.25) is 0 Å².